The number of rotatable bonds is 6. The second kappa shape index (κ2) is 5.71. The van der Waals surface area contributed by atoms with Gasteiger partial charge in [-0.15, -0.1) is 0 Å². The molecule has 5 nitrogen and oxygen atoms in total. The number of hydrogen-bond acceptors (Lipinski definition) is 3. The van der Waals surface area contributed by atoms with E-state index in [0.717, 1.165) is 17.4 Å². The van der Waals surface area contributed by atoms with Crippen molar-refractivity contribution in [2.24, 2.45) is 5.41 Å². The van der Waals surface area contributed by atoms with Crippen molar-refractivity contribution >= 4 is 16.0 Å². The molecule has 0 saturated heterocycles. The summed E-state index contributed by atoms with van der Waals surface area (Å²) in [6.07, 6.45) is 1.54. The number of hydrogen-bond donors (Lipinski definition) is 2. The highest BCUT2D eigenvalue weighted by atomic mass is 32.2. The van der Waals surface area contributed by atoms with Crippen LogP contribution in [-0.2, 0) is 27.8 Å². The first-order valence-corrected chi connectivity index (χ1v) is 7.75. The summed E-state index contributed by atoms with van der Waals surface area (Å²) in [5.41, 5.74) is 0.935. The number of carbonyl (C=O) groups is 1. The molecule has 2 N–H and O–H groups in total. The van der Waals surface area contributed by atoms with Crippen LogP contribution in [0.2, 0.25) is 0 Å². The molecule has 1 aromatic rings. The van der Waals surface area contributed by atoms with E-state index in [1.54, 1.807) is 26.0 Å². The van der Waals surface area contributed by atoms with Crippen LogP contribution in [0.5, 0.6) is 0 Å². The van der Waals surface area contributed by atoms with E-state index >= 15 is 0 Å². The number of nitrogens with one attached hydrogen (secondary N) is 1. The predicted molar refractivity (Wildman–Crippen MR) is 73.2 cm³/mol. The lowest BCUT2D eigenvalue weighted by Crippen LogP contribution is -2.26. The first-order valence-electron chi connectivity index (χ1n) is 5.86. The lowest BCUT2D eigenvalue weighted by atomic mass is 9.86. The van der Waals surface area contributed by atoms with Crippen LogP contribution in [-0.4, -0.2) is 25.7 Å². The lowest BCUT2D eigenvalue weighted by molar-refractivity contribution is -0.146. The Bertz CT molecular complexity index is 547. The highest BCUT2D eigenvalue weighted by molar-refractivity contribution is 7.88. The van der Waals surface area contributed by atoms with Gasteiger partial charge in [0.05, 0.1) is 11.7 Å². The largest absolute Gasteiger partial charge is 0.481 e. The van der Waals surface area contributed by atoms with Gasteiger partial charge in [0.2, 0.25) is 10.0 Å². The first-order chi connectivity index (χ1) is 8.60. The number of aliphatic carboxylic acids is 1. The van der Waals surface area contributed by atoms with Gasteiger partial charge in [0.25, 0.3) is 0 Å². The molecule has 0 aliphatic heterocycles. The molecule has 0 amide bonds. The van der Waals surface area contributed by atoms with Crippen molar-refractivity contribution in [3.63, 3.8) is 0 Å². The predicted octanol–water partition coefficient (Wildman–Crippen LogP) is 1.39. The lowest BCUT2D eigenvalue weighted by Gasteiger charge is -2.19. The molecule has 0 spiro atoms. The van der Waals surface area contributed by atoms with E-state index in [9.17, 15) is 13.2 Å². The number of carboxylic acid groups (broad SMARTS) is 1. The number of sulfonamides is 1. The molecule has 1 rings (SSSR count). The normalized spacial score (nSPS) is 12.4. The van der Waals surface area contributed by atoms with Gasteiger partial charge in [-0.25, -0.2) is 13.1 Å². The molecule has 19 heavy (non-hydrogen) atoms. The van der Waals surface area contributed by atoms with Crippen molar-refractivity contribution < 1.29 is 18.3 Å². The number of benzene rings is 1. The van der Waals surface area contributed by atoms with E-state index in [2.05, 4.69) is 4.72 Å². The maximum Gasteiger partial charge on any atom is 0.309 e. The molecule has 0 aliphatic rings. The second-order valence-electron chi connectivity index (χ2n) is 5.28. The SMILES string of the molecule is CC(C)(Cc1ccc(CNS(C)(=O)=O)cc1)C(=O)O. The third kappa shape index (κ3) is 5.40. The molecule has 0 radical (unpaired) electrons. The zero-order chi connectivity index (χ0) is 14.7. The zero-order valence-electron chi connectivity index (χ0n) is 11.3. The summed E-state index contributed by atoms with van der Waals surface area (Å²) in [6.45, 7) is 3.59. The maximum absolute atomic E-state index is 11.0. The smallest absolute Gasteiger partial charge is 0.309 e. The molecule has 106 valence electrons. The van der Waals surface area contributed by atoms with Gasteiger partial charge in [-0.1, -0.05) is 24.3 Å². The molecular weight excluding hydrogens is 266 g/mol. The Kier molecular flexibility index (Phi) is 4.70. The Morgan fingerprint density at radius 2 is 1.68 bits per heavy atom. The molecule has 0 bridgehead atoms. The minimum absolute atomic E-state index is 0.238. The van der Waals surface area contributed by atoms with Gasteiger partial charge in [0.15, 0.2) is 0 Å². The van der Waals surface area contributed by atoms with Gasteiger partial charge in [-0.3, -0.25) is 4.79 Å². The Balaban J connectivity index is 2.69. The summed E-state index contributed by atoms with van der Waals surface area (Å²) in [5, 5.41) is 9.05. The van der Waals surface area contributed by atoms with Crippen LogP contribution < -0.4 is 4.72 Å². The highest BCUT2D eigenvalue weighted by Gasteiger charge is 2.27. The minimum atomic E-state index is -3.20. The van der Waals surface area contributed by atoms with Crippen molar-refractivity contribution in [3.05, 3.63) is 35.4 Å². The summed E-state index contributed by atoms with van der Waals surface area (Å²) >= 11 is 0. The molecule has 0 aliphatic carbocycles. The van der Waals surface area contributed by atoms with Crippen molar-refractivity contribution in [3.8, 4) is 0 Å². The molecule has 6 heteroatoms. The summed E-state index contributed by atoms with van der Waals surface area (Å²) in [4.78, 5) is 11.0. The van der Waals surface area contributed by atoms with Crippen molar-refractivity contribution in [1.29, 1.82) is 0 Å². The van der Waals surface area contributed by atoms with Crippen LogP contribution in [0.3, 0.4) is 0 Å². The fraction of sp³-hybridized carbons (Fsp3) is 0.462. The van der Waals surface area contributed by atoms with Crippen molar-refractivity contribution in [2.75, 3.05) is 6.26 Å². The molecular formula is C13H19NO4S. The summed E-state index contributed by atoms with van der Waals surface area (Å²) in [7, 11) is -3.20. The van der Waals surface area contributed by atoms with E-state index in [0.29, 0.717) is 6.42 Å². The molecule has 0 fully saturated rings. The maximum atomic E-state index is 11.0. The van der Waals surface area contributed by atoms with Gasteiger partial charge < -0.3 is 5.11 Å². The molecule has 0 unspecified atom stereocenters. The van der Waals surface area contributed by atoms with Crippen LogP contribution in [0.1, 0.15) is 25.0 Å². The topological polar surface area (TPSA) is 83.5 Å². The monoisotopic (exact) mass is 285 g/mol. The molecule has 0 saturated carbocycles. The zero-order valence-corrected chi connectivity index (χ0v) is 12.1. The van der Waals surface area contributed by atoms with Gasteiger partial charge in [-0.05, 0) is 31.4 Å². The Morgan fingerprint density at radius 3 is 2.11 bits per heavy atom. The van der Waals surface area contributed by atoms with E-state index in [-0.39, 0.29) is 6.54 Å². The Morgan fingerprint density at radius 1 is 1.21 bits per heavy atom. The third-order valence-electron chi connectivity index (χ3n) is 2.79. The van der Waals surface area contributed by atoms with E-state index in [1.165, 1.54) is 0 Å². The average Bonchev–Trinajstić information content (AvgIpc) is 2.26. The molecule has 0 heterocycles. The van der Waals surface area contributed by atoms with Crippen LogP contribution >= 0.6 is 0 Å². The molecule has 0 aromatic heterocycles. The Labute approximate surface area is 113 Å². The minimum Gasteiger partial charge on any atom is -0.481 e. The van der Waals surface area contributed by atoms with Crippen LogP contribution in [0.4, 0.5) is 0 Å². The summed E-state index contributed by atoms with van der Waals surface area (Å²) in [6, 6.07) is 7.24. The van der Waals surface area contributed by atoms with Crippen molar-refractivity contribution in [2.45, 2.75) is 26.8 Å². The quantitative estimate of drug-likeness (QED) is 0.827. The van der Waals surface area contributed by atoms with E-state index in [4.69, 9.17) is 5.11 Å². The van der Waals surface area contributed by atoms with Crippen LogP contribution in [0, 0.1) is 5.41 Å². The third-order valence-corrected chi connectivity index (χ3v) is 3.46. The van der Waals surface area contributed by atoms with E-state index in [1.807, 2.05) is 12.1 Å². The summed E-state index contributed by atoms with van der Waals surface area (Å²) < 4.78 is 24.3. The van der Waals surface area contributed by atoms with Gasteiger partial charge in [-0.2, -0.15) is 0 Å². The number of carboxylic acids is 1. The van der Waals surface area contributed by atoms with Crippen LogP contribution in [0.25, 0.3) is 0 Å². The molecule has 0 atom stereocenters. The summed E-state index contributed by atoms with van der Waals surface area (Å²) in [5.74, 6) is -0.838. The standard InChI is InChI=1S/C13H19NO4S/c1-13(2,12(15)16)8-10-4-6-11(7-5-10)9-14-19(3,17)18/h4-7,14H,8-9H2,1-3H3,(H,15,16). The van der Waals surface area contributed by atoms with Crippen LogP contribution in [0.15, 0.2) is 24.3 Å². The van der Waals surface area contributed by atoms with Gasteiger partial charge in [0, 0.05) is 6.54 Å². The Hall–Kier alpha value is -1.40. The molecule has 1 aromatic carbocycles. The first kappa shape index (κ1) is 15.7. The second-order valence-corrected chi connectivity index (χ2v) is 7.11. The average molecular weight is 285 g/mol. The van der Waals surface area contributed by atoms with Gasteiger partial charge in [0.1, 0.15) is 0 Å². The van der Waals surface area contributed by atoms with Gasteiger partial charge >= 0.3 is 5.97 Å². The fourth-order valence-electron chi connectivity index (χ4n) is 1.58. The van der Waals surface area contributed by atoms with E-state index < -0.39 is 21.4 Å². The fourth-order valence-corrected chi connectivity index (χ4v) is 2.00. The van der Waals surface area contributed by atoms with Crippen molar-refractivity contribution in [1.82, 2.24) is 4.72 Å². The highest BCUT2D eigenvalue weighted by Crippen LogP contribution is 2.22.